The molecule has 5 rings (SSSR count). The first-order chi connectivity index (χ1) is 15.7. The number of carbonyl (C=O) groups excluding carboxylic acids is 1. The lowest BCUT2D eigenvalue weighted by Crippen LogP contribution is -2.28. The van der Waals surface area contributed by atoms with E-state index in [1.165, 1.54) is 16.8 Å². The number of furan rings is 1. The molecule has 0 fully saturated rings. The summed E-state index contributed by atoms with van der Waals surface area (Å²) < 4.78 is 7.29. The van der Waals surface area contributed by atoms with Gasteiger partial charge < -0.3 is 4.42 Å². The van der Waals surface area contributed by atoms with Crippen molar-refractivity contribution in [3.63, 3.8) is 0 Å². The van der Waals surface area contributed by atoms with Crippen LogP contribution in [0.3, 0.4) is 0 Å². The molecule has 0 spiro atoms. The normalized spacial score (nSPS) is 15.8. The maximum absolute atomic E-state index is 13.2. The second-order valence-corrected chi connectivity index (χ2v) is 9.43. The summed E-state index contributed by atoms with van der Waals surface area (Å²) >= 11 is 8.94. The molecule has 32 heavy (non-hydrogen) atoms. The number of hydrogen-bond donors (Lipinski definition) is 0. The predicted octanol–water partition coefficient (Wildman–Crippen LogP) is 4.50. The van der Waals surface area contributed by atoms with E-state index in [-0.39, 0.29) is 17.7 Å². The summed E-state index contributed by atoms with van der Waals surface area (Å²) in [5, 5.41) is 21.3. The summed E-state index contributed by atoms with van der Waals surface area (Å²) in [7, 11) is 0. The van der Waals surface area contributed by atoms with E-state index in [4.69, 9.17) is 16.0 Å². The van der Waals surface area contributed by atoms with E-state index in [0.717, 1.165) is 16.2 Å². The van der Waals surface area contributed by atoms with Crippen molar-refractivity contribution in [1.29, 1.82) is 0 Å². The smallest absolute Gasteiger partial charge is 0.253 e. The van der Waals surface area contributed by atoms with E-state index in [0.29, 0.717) is 28.9 Å². The van der Waals surface area contributed by atoms with Crippen LogP contribution in [0.2, 0.25) is 5.02 Å². The minimum atomic E-state index is -0.300. The summed E-state index contributed by atoms with van der Waals surface area (Å²) in [5.41, 5.74) is 1.73. The molecule has 0 N–H and O–H groups in total. The highest BCUT2D eigenvalue weighted by atomic mass is 35.5. The molecule has 0 bridgehead atoms. The van der Waals surface area contributed by atoms with Crippen molar-refractivity contribution in [3.8, 4) is 0 Å². The molecule has 3 aromatic heterocycles. The molecule has 1 atom stereocenters. The SMILES string of the molecule is O=C(CSc1nnnn1Cc1cccs1)N1N=C(c2ccc(Cl)cc2)C[C@@H]1c1ccco1. The van der Waals surface area contributed by atoms with Gasteiger partial charge in [0.2, 0.25) is 5.16 Å². The fraction of sp³-hybridized carbons (Fsp3) is 0.190. The molecule has 11 heteroatoms. The Labute approximate surface area is 196 Å². The van der Waals surface area contributed by atoms with E-state index in [9.17, 15) is 4.79 Å². The van der Waals surface area contributed by atoms with E-state index in [2.05, 4.69) is 20.6 Å². The number of tetrazole rings is 1. The third kappa shape index (κ3) is 4.47. The zero-order valence-corrected chi connectivity index (χ0v) is 19.1. The van der Waals surface area contributed by atoms with Crippen LogP contribution in [-0.4, -0.2) is 42.6 Å². The van der Waals surface area contributed by atoms with Gasteiger partial charge in [-0.25, -0.2) is 9.69 Å². The second-order valence-electron chi connectivity index (χ2n) is 7.01. The molecule has 162 valence electrons. The summed E-state index contributed by atoms with van der Waals surface area (Å²) in [6, 6.07) is 14.8. The number of carbonyl (C=O) groups is 1. The second kappa shape index (κ2) is 9.27. The Hall–Kier alpha value is -2.95. The Kier molecular flexibility index (Phi) is 6.06. The average molecular weight is 485 g/mol. The predicted molar refractivity (Wildman–Crippen MR) is 123 cm³/mol. The highest BCUT2D eigenvalue weighted by Crippen LogP contribution is 2.34. The topological polar surface area (TPSA) is 89.4 Å². The van der Waals surface area contributed by atoms with Crippen LogP contribution < -0.4 is 0 Å². The molecular weight excluding hydrogens is 468 g/mol. The lowest BCUT2D eigenvalue weighted by atomic mass is 10.0. The van der Waals surface area contributed by atoms with Crippen LogP contribution >= 0.6 is 34.7 Å². The number of aromatic nitrogens is 4. The Morgan fingerprint density at radius 2 is 2.09 bits per heavy atom. The van der Waals surface area contributed by atoms with Crippen LogP contribution in [-0.2, 0) is 11.3 Å². The third-order valence-electron chi connectivity index (χ3n) is 4.92. The molecule has 0 radical (unpaired) electrons. The molecule has 4 aromatic rings. The monoisotopic (exact) mass is 484 g/mol. The van der Waals surface area contributed by atoms with Gasteiger partial charge in [-0.1, -0.05) is 41.6 Å². The first-order valence-electron chi connectivity index (χ1n) is 9.77. The minimum absolute atomic E-state index is 0.147. The van der Waals surface area contributed by atoms with E-state index < -0.39 is 0 Å². The molecule has 1 aromatic carbocycles. The molecule has 1 amide bonds. The van der Waals surface area contributed by atoms with Crippen molar-refractivity contribution in [1.82, 2.24) is 25.2 Å². The minimum Gasteiger partial charge on any atom is -0.467 e. The number of amides is 1. The molecule has 0 aliphatic carbocycles. The van der Waals surface area contributed by atoms with Gasteiger partial charge >= 0.3 is 0 Å². The van der Waals surface area contributed by atoms with Gasteiger partial charge in [-0.3, -0.25) is 4.79 Å². The van der Waals surface area contributed by atoms with Crippen molar-refractivity contribution in [2.24, 2.45) is 5.10 Å². The molecule has 1 aliphatic heterocycles. The van der Waals surface area contributed by atoms with Gasteiger partial charge in [0.15, 0.2) is 0 Å². The van der Waals surface area contributed by atoms with Crippen LogP contribution in [0.5, 0.6) is 0 Å². The number of halogens is 1. The van der Waals surface area contributed by atoms with Gasteiger partial charge in [-0.05, 0) is 51.7 Å². The van der Waals surface area contributed by atoms with Crippen molar-refractivity contribution < 1.29 is 9.21 Å². The summed E-state index contributed by atoms with van der Waals surface area (Å²) in [5.74, 6) is 0.698. The lowest BCUT2D eigenvalue weighted by molar-refractivity contribution is -0.130. The van der Waals surface area contributed by atoms with Crippen molar-refractivity contribution in [3.05, 3.63) is 81.4 Å². The quantitative estimate of drug-likeness (QED) is 0.359. The zero-order chi connectivity index (χ0) is 21.9. The fourth-order valence-electron chi connectivity index (χ4n) is 3.40. The van der Waals surface area contributed by atoms with Gasteiger partial charge in [0.1, 0.15) is 11.8 Å². The number of benzene rings is 1. The highest BCUT2D eigenvalue weighted by Gasteiger charge is 2.35. The number of thiophene rings is 1. The van der Waals surface area contributed by atoms with Crippen molar-refractivity contribution in [2.75, 3.05) is 5.75 Å². The molecule has 0 saturated carbocycles. The first-order valence-corrected chi connectivity index (χ1v) is 12.0. The van der Waals surface area contributed by atoms with Gasteiger partial charge in [0, 0.05) is 16.3 Å². The van der Waals surface area contributed by atoms with Gasteiger partial charge in [0.25, 0.3) is 5.91 Å². The molecule has 1 aliphatic rings. The van der Waals surface area contributed by atoms with Crippen LogP contribution in [0.1, 0.15) is 28.7 Å². The first kappa shape index (κ1) is 20.9. The molecule has 8 nitrogen and oxygen atoms in total. The van der Waals surface area contributed by atoms with Crippen LogP contribution in [0.15, 0.2) is 74.8 Å². The number of hydrogen-bond acceptors (Lipinski definition) is 8. The van der Waals surface area contributed by atoms with Gasteiger partial charge in [-0.15, -0.1) is 16.4 Å². The number of thioether (sulfide) groups is 1. The Balaban J connectivity index is 1.33. The maximum atomic E-state index is 13.2. The van der Waals surface area contributed by atoms with Crippen molar-refractivity contribution in [2.45, 2.75) is 24.2 Å². The molecular formula is C21H17ClN6O2S2. The molecule has 0 unspecified atom stereocenters. The van der Waals surface area contributed by atoms with E-state index >= 15 is 0 Å². The highest BCUT2D eigenvalue weighted by molar-refractivity contribution is 7.99. The Bertz CT molecular complexity index is 1220. The maximum Gasteiger partial charge on any atom is 0.253 e. The number of rotatable bonds is 7. The van der Waals surface area contributed by atoms with Crippen LogP contribution in [0.4, 0.5) is 0 Å². The van der Waals surface area contributed by atoms with Crippen LogP contribution in [0, 0.1) is 0 Å². The van der Waals surface area contributed by atoms with Gasteiger partial charge in [0.05, 0.1) is 24.3 Å². The molecule has 0 saturated heterocycles. The van der Waals surface area contributed by atoms with Gasteiger partial charge in [-0.2, -0.15) is 5.10 Å². The number of nitrogens with zero attached hydrogens (tertiary/aromatic N) is 6. The summed E-state index contributed by atoms with van der Waals surface area (Å²) in [6.45, 7) is 0.568. The zero-order valence-electron chi connectivity index (χ0n) is 16.7. The fourth-order valence-corrected chi connectivity index (χ4v) is 4.94. The lowest BCUT2D eigenvalue weighted by Gasteiger charge is -2.19. The third-order valence-corrected chi connectivity index (χ3v) is 6.98. The summed E-state index contributed by atoms with van der Waals surface area (Å²) in [4.78, 5) is 14.3. The standard InChI is InChI=1S/C21H17ClN6O2S2/c22-15-7-5-14(6-8-15)17-11-18(19-4-1-9-30-19)28(24-17)20(29)13-32-21-23-25-26-27(21)12-16-3-2-10-31-16/h1-10,18H,11-13H2/t18-/m1/s1. The van der Waals surface area contributed by atoms with E-state index in [1.807, 2.05) is 53.9 Å². The average Bonchev–Trinajstić information content (AvgIpc) is 3.60. The number of hydrazone groups is 1. The van der Waals surface area contributed by atoms with Crippen LogP contribution in [0.25, 0.3) is 0 Å². The summed E-state index contributed by atoms with van der Waals surface area (Å²) in [6.07, 6.45) is 2.16. The molecule has 4 heterocycles. The Morgan fingerprint density at radius 1 is 1.22 bits per heavy atom. The van der Waals surface area contributed by atoms with Crippen molar-refractivity contribution >= 4 is 46.3 Å². The largest absolute Gasteiger partial charge is 0.467 e. The van der Waals surface area contributed by atoms with E-state index in [1.54, 1.807) is 22.3 Å². The Morgan fingerprint density at radius 3 is 2.84 bits per heavy atom.